The van der Waals surface area contributed by atoms with Crippen molar-refractivity contribution >= 4 is 29.1 Å². The number of fused-ring (bicyclic) bond motifs is 2. The third-order valence-corrected chi connectivity index (χ3v) is 6.38. The van der Waals surface area contributed by atoms with E-state index in [1.54, 1.807) is 0 Å². The van der Waals surface area contributed by atoms with Gasteiger partial charge in [0.2, 0.25) is 5.90 Å². The molecule has 2 N–H and O–H groups in total. The highest BCUT2D eigenvalue weighted by atomic mass is 35.5. The molecule has 0 atom stereocenters. The average Bonchev–Trinajstić information content (AvgIpc) is 2.72. The number of nitrogens with one attached hydrogen (secondary N) is 2. The highest BCUT2D eigenvalue weighted by Crippen LogP contribution is 2.49. The zero-order valence-electron chi connectivity index (χ0n) is 15.7. The fourth-order valence-corrected chi connectivity index (χ4v) is 5.08. The molecule has 0 radical (unpaired) electrons. The average molecular weight is 446 g/mol. The normalized spacial score (nSPS) is 22.5. The summed E-state index contributed by atoms with van der Waals surface area (Å²) in [7, 11) is 0. The smallest absolute Gasteiger partial charge is 0.349 e. The molecule has 0 spiro atoms. The second-order valence-electron chi connectivity index (χ2n) is 7.57. The number of ether oxygens (including phenoxy) is 1. The molecule has 0 saturated heterocycles. The summed E-state index contributed by atoms with van der Waals surface area (Å²) in [6.45, 7) is 4.11. The molecular formula is C20H17Cl2N5O3. The van der Waals surface area contributed by atoms with Gasteiger partial charge in [-0.2, -0.15) is 9.78 Å². The first-order valence-corrected chi connectivity index (χ1v) is 10.3. The standard InChI is InChI=1S/C20H17Cl2N5O3/c1-9-16-10-2-4-11(5-3-10)17(16)19(26-25-9)30-18-13(21)6-12(7-14(18)22)27-20(29)24-15(28)8-23-27/h6-8,10-11,25H,1-5H2,(H,24,28,29). The topological polar surface area (TPSA) is 101 Å². The Hall–Kier alpha value is -2.84. The van der Waals surface area contributed by atoms with Gasteiger partial charge in [-0.15, -0.1) is 5.10 Å². The molecule has 30 heavy (non-hydrogen) atoms. The van der Waals surface area contributed by atoms with Crippen molar-refractivity contribution in [2.75, 3.05) is 0 Å². The number of hydrazone groups is 1. The lowest BCUT2D eigenvalue weighted by atomic mass is 9.66. The van der Waals surface area contributed by atoms with Crippen LogP contribution in [0.3, 0.4) is 0 Å². The minimum absolute atomic E-state index is 0.188. The molecule has 1 aliphatic heterocycles. The van der Waals surface area contributed by atoms with Crippen LogP contribution in [-0.4, -0.2) is 20.7 Å². The number of halogens is 2. The quantitative estimate of drug-likeness (QED) is 0.738. The van der Waals surface area contributed by atoms with Gasteiger partial charge in [-0.05, 0) is 55.2 Å². The molecule has 2 aromatic rings. The molecule has 10 heteroatoms. The number of allylic oxidation sites excluding steroid dienone is 1. The second-order valence-corrected chi connectivity index (χ2v) is 8.39. The molecule has 2 heterocycles. The van der Waals surface area contributed by atoms with Gasteiger partial charge < -0.3 is 4.74 Å². The Bertz CT molecular complexity index is 1230. The van der Waals surface area contributed by atoms with Crippen molar-refractivity contribution in [3.63, 3.8) is 0 Å². The zero-order valence-corrected chi connectivity index (χ0v) is 17.3. The number of aromatic nitrogens is 3. The van der Waals surface area contributed by atoms with E-state index >= 15 is 0 Å². The molecule has 4 aliphatic rings. The summed E-state index contributed by atoms with van der Waals surface area (Å²) in [4.78, 5) is 25.4. The molecular weight excluding hydrogens is 429 g/mol. The van der Waals surface area contributed by atoms with E-state index in [0.29, 0.717) is 23.4 Å². The molecule has 1 fully saturated rings. The predicted octanol–water partition coefficient (Wildman–Crippen LogP) is 3.15. The maximum absolute atomic E-state index is 12.0. The van der Waals surface area contributed by atoms with Gasteiger partial charge >= 0.3 is 5.69 Å². The van der Waals surface area contributed by atoms with Gasteiger partial charge in [0.05, 0.1) is 21.4 Å². The monoisotopic (exact) mass is 445 g/mol. The van der Waals surface area contributed by atoms with Crippen molar-refractivity contribution in [1.82, 2.24) is 20.2 Å². The van der Waals surface area contributed by atoms with Gasteiger partial charge in [0.25, 0.3) is 5.56 Å². The molecule has 6 rings (SSSR count). The van der Waals surface area contributed by atoms with Gasteiger partial charge in [0.1, 0.15) is 6.20 Å². The van der Waals surface area contributed by atoms with Crippen molar-refractivity contribution in [2.45, 2.75) is 25.7 Å². The van der Waals surface area contributed by atoms with Crippen LogP contribution in [0.5, 0.6) is 5.75 Å². The van der Waals surface area contributed by atoms with E-state index in [0.717, 1.165) is 47.8 Å². The first-order valence-electron chi connectivity index (χ1n) is 9.55. The maximum Gasteiger partial charge on any atom is 0.349 e. The van der Waals surface area contributed by atoms with Crippen LogP contribution in [-0.2, 0) is 0 Å². The summed E-state index contributed by atoms with van der Waals surface area (Å²) in [5, 5.41) is 8.55. The van der Waals surface area contributed by atoms with Crippen LogP contribution in [0.4, 0.5) is 0 Å². The third-order valence-electron chi connectivity index (χ3n) is 5.82. The number of hydrogen-bond donors (Lipinski definition) is 2. The van der Waals surface area contributed by atoms with Crippen molar-refractivity contribution in [2.24, 2.45) is 16.9 Å². The summed E-state index contributed by atoms with van der Waals surface area (Å²) >= 11 is 12.9. The highest BCUT2D eigenvalue weighted by Gasteiger charge is 2.41. The molecule has 8 nitrogen and oxygen atoms in total. The third kappa shape index (κ3) is 3.07. The number of nitrogens with zero attached hydrogens (tertiary/aromatic N) is 3. The lowest BCUT2D eigenvalue weighted by Crippen LogP contribution is -2.38. The fourth-order valence-electron chi connectivity index (χ4n) is 4.53. The Kier molecular flexibility index (Phi) is 4.56. The molecule has 154 valence electrons. The van der Waals surface area contributed by atoms with Crippen LogP contribution < -0.4 is 21.4 Å². The summed E-state index contributed by atoms with van der Waals surface area (Å²) in [5.41, 5.74) is 5.06. The maximum atomic E-state index is 12.0. The number of hydrogen-bond acceptors (Lipinski definition) is 6. The molecule has 0 unspecified atom stereocenters. The minimum Gasteiger partial charge on any atom is -0.434 e. The molecule has 1 aromatic heterocycles. The summed E-state index contributed by atoms with van der Waals surface area (Å²) in [6.07, 6.45) is 5.49. The SMILES string of the molecule is C=C1NN=C(Oc2c(Cl)cc(-n3ncc(=O)[nH]c3=O)cc2Cl)C2=C1C1CCC2CC1. The van der Waals surface area contributed by atoms with Crippen LogP contribution in [0.25, 0.3) is 5.69 Å². The van der Waals surface area contributed by atoms with Crippen LogP contribution in [0.15, 0.2) is 56.4 Å². The number of H-pyrrole nitrogens is 1. The van der Waals surface area contributed by atoms with Gasteiger partial charge in [-0.3, -0.25) is 15.2 Å². The Morgan fingerprint density at radius 1 is 1.07 bits per heavy atom. The van der Waals surface area contributed by atoms with E-state index in [9.17, 15) is 9.59 Å². The van der Waals surface area contributed by atoms with Gasteiger partial charge in [-0.25, -0.2) is 4.79 Å². The number of benzene rings is 1. The lowest BCUT2D eigenvalue weighted by Gasteiger charge is -2.42. The van der Waals surface area contributed by atoms with E-state index in [4.69, 9.17) is 27.9 Å². The van der Waals surface area contributed by atoms with E-state index in [-0.39, 0.29) is 15.8 Å². The van der Waals surface area contributed by atoms with Crippen LogP contribution in [0.2, 0.25) is 10.0 Å². The lowest BCUT2D eigenvalue weighted by molar-refractivity contribution is 0.296. The van der Waals surface area contributed by atoms with Crippen molar-refractivity contribution < 1.29 is 4.74 Å². The molecule has 0 amide bonds. The molecule has 3 aliphatic carbocycles. The molecule has 2 bridgehead atoms. The van der Waals surface area contributed by atoms with E-state index in [1.807, 2.05) is 0 Å². The Labute approximate surface area is 180 Å². The van der Waals surface area contributed by atoms with E-state index in [2.05, 4.69) is 27.2 Å². The highest BCUT2D eigenvalue weighted by molar-refractivity contribution is 6.37. The van der Waals surface area contributed by atoms with Gasteiger partial charge in [0, 0.05) is 5.57 Å². The number of aromatic amines is 1. The summed E-state index contributed by atoms with van der Waals surface area (Å²) < 4.78 is 7.08. The van der Waals surface area contributed by atoms with Gasteiger partial charge in [-0.1, -0.05) is 29.8 Å². The van der Waals surface area contributed by atoms with Gasteiger partial charge in [0.15, 0.2) is 5.75 Å². The Balaban J connectivity index is 1.52. The molecule has 1 aromatic carbocycles. The van der Waals surface area contributed by atoms with Crippen LogP contribution in [0, 0.1) is 11.8 Å². The minimum atomic E-state index is -0.698. The first-order chi connectivity index (χ1) is 14.4. The van der Waals surface area contributed by atoms with Crippen LogP contribution >= 0.6 is 23.2 Å². The van der Waals surface area contributed by atoms with E-state index in [1.165, 1.54) is 17.7 Å². The van der Waals surface area contributed by atoms with E-state index < -0.39 is 11.2 Å². The van der Waals surface area contributed by atoms with Crippen molar-refractivity contribution in [3.05, 3.63) is 72.6 Å². The Morgan fingerprint density at radius 3 is 2.33 bits per heavy atom. The second kappa shape index (κ2) is 7.14. The predicted molar refractivity (Wildman–Crippen MR) is 113 cm³/mol. The number of rotatable bonds is 2. The Morgan fingerprint density at radius 2 is 1.70 bits per heavy atom. The van der Waals surface area contributed by atoms with Crippen molar-refractivity contribution in [1.29, 1.82) is 0 Å². The first kappa shape index (κ1) is 19.1. The summed E-state index contributed by atoms with van der Waals surface area (Å²) in [5.74, 6) is 1.53. The van der Waals surface area contributed by atoms with Crippen molar-refractivity contribution in [3.8, 4) is 11.4 Å². The molecule has 1 saturated carbocycles. The zero-order chi connectivity index (χ0) is 21.0. The summed E-state index contributed by atoms with van der Waals surface area (Å²) in [6, 6.07) is 2.99. The van der Waals surface area contributed by atoms with Crippen LogP contribution in [0.1, 0.15) is 25.7 Å². The fraction of sp³-hybridized carbons (Fsp3) is 0.300. The largest absolute Gasteiger partial charge is 0.434 e.